The van der Waals surface area contributed by atoms with Gasteiger partial charge in [0.15, 0.2) is 0 Å². The molecule has 0 spiro atoms. The molecule has 0 aromatic heterocycles. The number of hydrogen-bond acceptors (Lipinski definition) is 10. The van der Waals surface area contributed by atoms with Crippen molar-refractivity contribution in [3.05, 3.63) is 0 Å². The van der Waals surface area contributed by atoms with E-state index < -0.39 is 8.17 Å². The molecule has 26 heavy (non-hydrogen) atoms. The molecule has 0 aromatic carbocycles. The minimum absolute atomic E-state index is 0.0490. The first kappa shape index (κ1) is 26.0. The molecule has 10 nitrogen and oxygen atoms in total. The van der Waals surface area contributed by atoms with Crippen LogP contribution in [0.15, 0.2) is 0 Å². The Bertz CT molecular complexity index is 298. The summed E-state index contributed by atoms with van der Waals surface area (Å²) in [6, 6.07) is 0. The summed E-state index contributed by atoms with van der Waals surface area (Å²) < 4.78 is 35.9. The fourth-order valence-electron chi connectivity index (χ4n) is 1.54. The third-order valence-corrected chi connectivity index (χ3v) is 4.05. The summed E-state index contributed by atoms with van der Waals surface area (Å²) in [4.78, 5) is 21.0. The van der Waals surface area contributed by atoms with E-state index in [2.05, 4.69) is 0 Å². The Morgan fingerprint density at radius 3 is 1.42 bits per heavy atom. The van der Waals surface area contributed by atoms with Gasteiger partial charge in [0.25, 0.3) is 0 Å². The third-order valence-electron chi connectivity index (χ3n) is 2.89. The third kappa shape index (κ3) is 20.3. The molecule has 0 atom stereocenters. The van der Waals surface area contributed by atoms with Gasteiger partial charge in [0.05, 0.1) is 13.2 Å². The van der Waals surface area contributed by atoms with Gasteiger partial charge in [-0.15, -0.1) is 0 Å². The SMILES string of the molecule is COCCOCCOCCOCCOCCO[PH](O)(O)OCCN(C)C. The quantitative estimate of drug-likeness (QED) is 0.207. The summed E-state index contributed by atoms with van der Waals surface area (Å²) in [7, 11) is 1.31. The van der Waals surface area contributed by atoms with Crippen molar-refractivity contribution in [2.45, 2.75) is 0 Å². The second-order valence-electron chi connectivity index (χ2n) is 5.49. The molecule has 160 valence electrons. The number of likely N-dealkylation sites (N-methyl/N-ethyl adjacent to an activating group) is 1. The van der Waals surface area contributed by atoms with Crippen molar-refractivity contribution in [3.8, 4) is 0 Å². The number of nitrogens with zero attached hydrogens (tertiary/aromatic N) is 1. The van der Waals surface area contributed by atoms with Gasteiger partial charge in [0, 0.05) is 7.11 Å². The van der Waals surface area contributed by atoms with E-state index in [9.17, 15) is 9.79 Å². The zero-order valence-corrected chi connectivity index (χ0v) is 17.2. The van der Waals surface area contributed by atoms with Crippen LogP contribution in [0.25, 0.3) is 0 Å². The average Bonchev–Trinajstić information content (AvgIpc) is 2.57. The maximum absolute atomic E-state index is 9.55. The van der Waals surface area contributed by atoms with Crippen molar-refractivity contribution in [2.24, 2.45) is 0 Å². The molecule has 0 bridgehead atoms. The molecule has 0 aliphatic heterocycles. The summed E-state index contributed by atoms with van der Waals surface area (Å²) >= 11 is 0. The van der Waals surface area contributed by atoms with E-state index in [1.807, 2.05) is 19.0 Å². The van der Waals surface area contributed by atoms with Gasteiger partial charge in [-0.05, 0) is 0 Å². The number of ether oxygens (including phenoxy) is 5. The fraction of sp³-hybridized carbons (Fsp3) is 1.00. The van der Waals surface area contributed by atoms with Crippen LogP contribution < -0.4 is 0 Å². The van der Waals surface area contributed by atoms with Crippen molar-refractivity contribution in [1.82, 2.24) is 4.90 Å². The molecule has 0 fully saturated rings. The van der Waals surface area contributed by atoms with Crippen molar-refractivity contribution >= 4 is 8.17 Å². The molecule has 0 heterocycles. The number of rotatable bonds is 20. The zero-order chi connectivity index (χ0) is 19.5. The molecule has 0 rings (SSSR count). The zero-order valence-electron chi connectivity index (χ0n) is 16.2. The minimum atomic E-state index is -4.05. The van der Waals surface area contributed by atoms with E-state index in [-0.39, 0.29) is 19.8 Å². The van der Waals surface area contributed by atoms with Gasteiger partial charge in [-0.2, -0.15) is 0 Å². The Balaban J connectivity index is 3.23. The van der Waals surface area contributed by atoms with Crippen LogP contribution in [0.5, 0.6) is 0 Å². The van der Waals surface area contributed by atoms with Crippen LogP contribution in [0.3, 0.4) is 0 Å². The number of hydrogen-bond donors (Lipinski definition) is 2. The topological polar surface area (TPSA) is 108 Å². The molecule has 0 aliphatic rings. The van der Waals surface area contributed by atoms with Gasteiger partial charge in [0.2, 0.25) is 0 Å². The van der Waals surface area contributed by atoms with Crippen LogP contribution in [-0.2, 0) is 32.7 Å². The summed E-state index contributed by atoms with van der Waals surface area (Å²) in [5.74, 6) is 0. The molecule has 0 unspecified atom stereocenters. The molecule has 0 saturated carbocycles. The molecule has 11 heteroatoms. The Morgan fingerprint density at radius 2 is 1.00 bits per heavy atom. The molecule has 0 aliphatic carbocycles. The van der Waals surface area contributed by atoms with Crippen LogP contribution in [0.4, 0.5) is 0 Å². The first-order chi connectivity index (χ1) is 12.5. The summed E-state index contributed by atoms with van der Waals surface area (Å²) in [5, 5.41) is 0. The van der Waals surface area contributed by atoms with Crippen molar-refractivity contribution < 1.29 is 42.5 Å². The van der Waals surface area contributed by atoms with Crippen molar-refractivity contribution in [3.63, 3.8) is 0 Å². The van der Waals surface area contributed by atoms with E-state index in [1.54, 1.807) is 7.11 Å². The van der Waals surface area contributed by atoms with Crippen LogP contribution in [0, 0.1) is 0 Å². The Labute approximate surface area is 156 Å². The van der Waals surface area contributed by atoms with Gasteiger partial charge in [0.1, 0.15) is 0 Å². The van der Waals surface area contributed by atoms with E-state index in [4.69, 9.17) is 32.7 Å². The Hall–Kier alpha value is 0.0300. The summed E-state index contributed by atoms with van der Waals surface area (Å²) in [6.07, 6.45) is 0. The number of methoxy groups -OCH3 is 1. The van der Waals surface area contributed by atoms with Gasteiger partial charge in [-0.1, -0.05) is 0 Å². The standard InChI is InChI=1S/C15H36NO9P/c1-16(2)4-5-24-26(17,18)25-15-14-23-13-12-22-11-10-21-9-8-20-7-6-19-3/h17-18,26H,4-15H2,1-3H3. The second kappa shape index (κ2) is 18.4. The van der Waals surface area contributed by atoms with E-state index >= 15 is 0 Å². The van der Waals surface area contributed by atoms with Crippen molar-refractivity contribution in [1.29, 1.82) is 0 Å². The molecule has 0 radical (unpaired) electrons. The average molecular weight is 405 g/mol. The van der Waals surface area contributed by atoms with Crippen molar-refractivity contribution in [2.75, 3.05) is 100 Å². The Morgan fingerprint density at radius 1 is 0.615 bits per heavy atom. The fourth-order valence-corrected chi connectivity index (χ4v) is 2.33. The molecule has 0 amide bonds. The first-order valence-electron chi connectivity index (χ1n) is 8.65. The molecular formula is C15H36NO9P. The predicted octanol–water partition coefficient (Wildman–Crippen LogP) is -0.311. The summed E-state index contributed by atoms with van der Waals surface area (Å²) in [6.45, 7) is 5.03. The first-order valence-corrected chi connectivity index (χ1v) is 10.4. The maximum atomic E-state index is 9.55. The monoisotopic (exact) mass is 405 g/mol. The van der Waals surface area contributed by atoms with Crippen LogP contribution in [-0.4, -0.2) is 115 Å². The normalized spacial score (nSPS) is 12.8. The second-order valence-corrected chi connectivity index (χ2v) is 7.17. The van der Waals surface area contributed by atoms with Gasteiger partial charge < -0.3 is 9.47 Å². The van der Waals surface area contributed by atoms with Crippen LogP contribution in [0.1, 0.15) is 0 Å². The van der Waals surface area contributed by atoms with Gasteiger partial charge >= 0.3 is 126 Å². The van der Waals surface area contributed by atoms with Crippen LogP contribution in [0.2, 0.25) is 0 Å². The van der Waals surface area contributed by atoms with E-state index in [1.165, 1.54) is 0 Å². The molecular weight excluding hydrogens is 369 g/mol. The van der Waals surface area contributed by atoms with Crippen LogP contribution >= 0.6 is 8.17 Å². The Kier molecular flexibility index (Phi) is 18.4. The van der Waals surface area contributed by atoms with E-state index in [0.29, 0.717) is 59.4 Å². The predicted molar refractivity (Wildman–Crippen MR) is 98.4 cm³/mol. The molecule has 0 saturated heterocycles. The summed E-state index contributed by atoms with van der Waals surface area (Å²) in [5.41, 5.74) is 0. The molecule has 2 N–H and O–H groups in total. The van der Waals surface area contributed by atoms with E-state index in [0.717, 1.165) is 0 Å². The molecule has 0 aromatic rings. The van der Waals surface area contributed by atoms with Gasteiger partial charge in [-0.3, -0.25) is 0 Å². The van der Waals surface area contributed by atoms with Gasteiger partial charge in [-0.25, -0.2) is 0 Å².